The van der Waals surface area contributed by atoms with Crippen molar-refractivity contribution in [2.45, 2.75) is 32.9 Å². The van der Waals surface area contributed by atoms with Gasteiger partial charge in [-0.05, 0) is 13.3 Å². The number of aryl methyl sites for hydroxylation is 1. The van der Waals surface area contributed by atoms with Crippen LogP contribution in [0, 0.1) is 0 Å². The molecule has 0 fully saturated rings. The maximum absolute atomic E-state index is 9.32. The lowest BCUT2D eigenvalue weighted by Crippen LogP contribution is -1.95. The van der Waals surface area contributed by atoms with Crippen molar-refractivity contribution < 1.29 is 5.11 Å². The van der Waals surface area contributed by atoms with Gasteiger partial charge in [0.25, 0.3) is 0 Å². The van der Waals surface area contributed by atoms with Gasteiger partial charge >= 0.3 is 0 Å². The van der Waals surface area contributed by atoms with Crippen LogP contribution in [0.3, 0.4) is 0 Å². The van der Waals surface area contributed by atoms with Crippen LogP contribution in [0.25, 0.3) is 0 Å². The standard InChI is InChI=1S/C7H13N3O/c1-3-7(11)6-5-10(4-2)9-8-6/h5,7,11H,3-4H2,1-2H3. The van der Waals surface area contributed by atoms with Crippen LogP contribution in [0.2, 0.25) is 0 Å². The molecule has 0 aromatic carbocycles. The van der Waals surface area contributed by atoms with E-state index in [1.54, 1.807) is 10.9 Å². The second-order valence-electron chi connectivity index (χ2n) is 2.42. The normalized spacial score (nSPS) is 13.4. The Morgan fingerprint density at radius 2 is 2.36 bits per heavy atom. The first kappa shape index (κ1) is 8.20. The molecule has 0 aliphatic heterocycles. The van der Waals surface area contributed by atoms with E-state index < -0.39 is 6.10 Å². The Bertz CT molecular complexity index is 221. The van der Waals surface area contributed by atoms with Crippen molar-refractivity contribution >= 4 is 0 Å². The molecule has 0 saturated carbocycles. The maximum atomic E-state index is 9.32. The highest BCUT2D eigenvalue weighted by Crippen LogP contribution is 2.11. The lowest BCUT2D eigenvalue weighted by molar-refractivity contribution is 0.168. The van der Waals surface area contributed by atoms with Crippen LogP contribution >= 0.6 is 0 Å². The molecule has 1 aromatic heterocycles. The van der Waals surface area contributed by atoms with Crippen molar-refractivity contribution in [1.29, 1.82) is 0 Å². The largest absolute Gasteiger partial charge is 0.387 e. The molecule has 0 bridgehead atoms. The van der Waals surface area contributed by atoms with Gasteiger partial charge in [-0.3, -0.25) is 4.68 Å². The van der Waals surface area contributed by atoms with Gasteiger partial charge in [0.2, 0.25) is 0 Å². The van der Waals surface area contributed by atoms with Crippen molar-refractivity contribution in [2.75, 3.05) is 0 Å². The number of aliphatic hydroxyl groups excluding tert-OH is 1. The summed E-state index contributed by atoms with van der Waals surface area (Å²) < 4.78 is 1.70. The lowest BCUT2D eigenvalue weighted by atomic mass is 10.2. The molecule has 1 rings (SSSR count). The van der Waals surface area contributed by atoms with Gasteiger partial charge in [0.05, 0.1) is 12.3 Å². The van der Waals surface area contributed by atoms with Gasteiger partial charge in [-0.15, -0.1) is 5.10 Å². The average Bonchev–Trinajstić information content (AvgIpc) is 2.50. The Morgan fingerprint density at radius 3 is 2.82 bits per heavy atom. The van der Waals surface area contributed by atoms with E-state index in [1.807, 2.05) is 13.8 Å². The molecule has 1 unspecified atom stereocenters. The molecule has 0 saturated heterocycles. The summed E-state index contributed by atoms with van der Waals surface area (Å²) in [6, 6.07) is 0. The molecule has 4 heteroatoms. The first-order valence-corrected chi connectivity index (χ1v) is 3.86. The Kier molecular flexibility index (Phi) is 2.59. The van der Waals surface area contributed by atoms with Crippen LogP contribution in [-0.4, -0.2) is 20.1 Å². The minimum atomic E-state index is -0.463. The smallest absolute Gasteiger partial charge is 0.111 e. The molecular formula is C7H13N3O. The number of hydrogen-bond acceptors (Lipinski definition) is 3. The number of aliphatic hydroxyl groups is 1. The number of rotatable bonds is 3. The van der Waals surface area contributed by atoms with E-state index >= 15 is 0 Å². The fraction of sp³-hybridized carbons (Fsp3) is 0.714. The molecule has 0 aliphatic rings. The van der Waals surface area contributed by atoms with Gasteiger partial charge in [0.15, 0.2) is 0 Å². The van der Waals surface area contributed by atoms with Crippen molar-refractivity contribution in [2.24, 2.45) is 0 Å². The van der Waals surface area contributed by atoms with Crippen LogP contribution in [0.15, 0.2) is 6.20 Å². The van der Waals surface area contributed by atoms with Crippen molar-refractivity contribution in [3.05, 3.63) is 11.9 Å². The first-order valence-electron chi connectivity index (χ1n) is 3.86. The SMILES string of the molecule is CCC(O)c1cn(CC)nn1. The fourth-order valence-electron chi connectivity index (χ4n) is 0.830. The third-order valence-electron chi connectivity index (χ3n) is 1.61. The Morgan fingerprint density at radius 1 is 1.64 bits per heavy atom. The van der Waals surface area contributed by atoms with Crippen LogP contribution in [-0.2, 0) is 6.54 Å². The lowest BCUT2D eigenvalue weighted by Gasteiger charge is -1.99. The second-order valence-corrected chi connectivity index (χ2v) is 2.42. The summed E-state index contributed by atoms with van der Waals surface area (Å²) in [5, 5.41) is 17.0. The highest BCUT2D eigenvalue weighted by Gasteiger charge is 2.07. The van der Waals surface area contributed by atoms with E-state index in [-0.39, 0.29) is 0 Å². The molecule has 0 radical (unpaired) electrons. The first-order chi connectivity index (χ1) is 5.27. The molecule has 1 N–H and O–H groups in total. The highest BCUT2D eigenvalue weighted by molar-refractivity contribution is 4.96. The van der Waals surface area contributed by atoms with E-state index in [0.29, 0.717) is 12.1 Å². The van der Waals surface area contributed by atoms with Crippen molar-refractivity contribution in [1.82, 2.24) is 15.0 Å². The Hall–Kier alpha value is -0.900. The van der Waals surface area contributed by atoms with Gasteiger partial charge in [0.1, 0.15) is 5.69 Å². The number of nitrogens with zero attached hydrogens (tertiary/aromatic N) is 3. The molecule has 1 atom stereocenters. The van der Waals surface area contributed by atoms with Crippen LogP contribution in [0.1, 0.15) is 32.1 Å². The van der Waals surface area contributed by atoms with Gasteiger partial charge in [0, 0.05) is 6.54 Å². The zero-order chi connectivity index (χ0) is 8.27. The fourth-order valence-corrected chi connectivity index (χ4v) is 0.830. The molecule has 11 heavy (non-hydrogen) atoms. The zero-order valence-corrected chi connectivity index (χ0v) is 6.86. The summed E-state index contributed by atoms with van der Waals surface area (Å²) >= 11 is 0. The summed E-state index contributed by atoms with van der Waals surface area (Å²) in [5.74, 6) is 0. The van der Waals surface area contributed by atoms with Gasteiger partial charge < -0.3 is 5.11 Å². The molecule has 1 aromatic rings. The monoisotopic (exact) mass is 155 g/mol. The van der Waals surface area contributed by atoms with E-state index in [4.69, 9.17) is 0 Å². The van der Waals surface area contributed by atoms with Gasteiger partial charge in [-0.25, -0.2) is 0 Å². The van der Waals surface area contributed by atoms with E-state index in [9.17, 15) is 5.11 Å². The van der Waals surface area contributed by atoms with E-state index in [1.165, 1.54) is 0 Å². The van der Waals surface area contributed by atoms with Crippen molar-refractivity contribution in [3.63, 3.8) is 0 Å². The minimum absolute atomic E-state index is 0.463. The van der Waals surface area contributed by atoms with E-state index in [0.717, 1.165) is 6.54 Å². The second kappa shape index (κ2) is 3.48. The summed E-state index contributed by atoms with van der Waals surface area (Å²) in [6.07, 6.45) is 1.99. The predicted molar refractivity (Wildman–Crippen MR) is 40.9 cm³/mol. The number of aromatic nitrogens is 3. The zero-order valence-electron chi connectivity index (χ0n) is 6.86. The van der Waals surface area contributed by atoms with Gasteiger partial charge in [-0.1, -0.05) is 12.1 Å². The third kappa shape index (κ3) is 1.77. The predicted octanol–water partition coefficient (Wildman–Crippen LogP) is 0.741. The summed E-state index contributed by atoms with van der Waals surface area (Å²) in [5.41, 5.74) is 0.661. The van der Waals surface area contributed by atoms with Crippen LogP contribution < -0.4 is 0 Å². The Labute approximate surface area is 65.8 Å². The molecule has 0 aliphatic carbocycles. The maximum Gasteiger partial charge on any atom is 0.111 e. The summed E-state index contributed by atoms with van der Waals surface area (Å²) in [6.45, 7) is 4.69. The quantitative estimate of drug-likeness (QED) is 0.700. The van der Waals surface area contributed by atoms with Gasteiger partial charge in [-0.2, -0.15) is 0 Å². The molecule has 0 amide bonds. The third-order valence-corrected chi connectivity index (χ3v) is 1.61. The highest BCUT2D eigenvalue weighted by atomic mass is 16.3. The Balaban J connectivity index is 2.71. The molecule has 62 valence electrons. The number of hydrogen-bond donors (Lipinski definition) is 1. The minimum Gasteiger partial charge on any atom is -0.387 e. The molecule has 0 spiro atoms. The molecule has 4 nitrogen and oxygen atoms in total. The molecule has 1 heterocycles. The van der Waals surface area contributed by atoms with Crippen LogP contribution in [0.4, 0.5) is 0 Å². The topological polar surface area (TPSA) is 50.9 Å². The van der Waals surface area contributed by atoms with Crippen LogP contribution in [0.5, 0.6) is 0 Å². The molecular weight excluding hydrogens is 142 g/mol. The summed E-state index contributed by atoms with van der Waals surface area (Å²) in [7, 11) is 0. The van der Waals surface area contributed by atoms with E-state index in [2.05, 4.69) is 10.3 Å². The summed E-state index contributed by atoms with van der Waals surface area (Å²) in [4.78, 5) is 0. The average molecular weight is 155 g/mol. The van der Waals surface area contributed by atoms with Crippen molar-refractivity contribution in [3.8, 4) is 0 Å².